The molecule has 2 aromatic rings. The van der Waals surface area contributed by atoms with E-state index in [2.05, 4.69) is 5.32 Å². The second-order valence-corrected chi connectivity index (χ2v) is 3.74. The molecule has 88 valence electrons. The highest BCUT2D eigenvalue weighted by Gasteiger charge is 2.10. The van der Waals surface area contributed by atoms with Gasteiger partial charge in [-0.3, -0.25) is 4.79 Å². The molecule has 0 aliphatic rings. The molecule has 4 nitrogen and oxygen atoms in total. The maximum absolute atomic E-state index is 11.7. The highest BCUT2D eigenvalue weighted by Crippen LogP contribution is 2.13. The van der Waals surface area contributed by atoms with Gasteiger partial charge in [-0.2, -0.15) is 0 Å². The fraction of sp³-hybridized carbons (Fsp3) is 0.154. The third-order valence-corrected chi connectivity index (χ3v) is 2.35. The van der Waals surface area contributed by atoms with E-state index in [4.69, 9.17) is 9.52 Å². The van der Waals surface area contributed by atoms with Crippen LogP contribution in [0.25, 0.3) is 0 Å². The molecule has 1 heterocycles. The van der Waals surface area contributed by atoms with E-state index < -0.39 is 0 Å². The van der Waals surface area contributed by atoms with Gasteiger partial charge in [-0.05, 0) is 31.2 Å². The zero-order chi connectivity index (χ0) is 12.3. The monoisotopic (exact) mass is 231 g/mol. The van der Waals surface area contributed by atoms with Crippen LogP contribution in [-0.2, 0) is 6.61 Å². The summed E-state index contributed by atoms with van der Waals surface area (Å²) < 4.78 is 5.13. The van der Waals surface area contributed by atoms with Crippen molar-refractivity contribution < 1.29 is 14.3 Å². The number of furan rings is 1. The number of carbonyl (C=O) groups excluding carboxylic acids is 1. The van der Waals surface area contributed by atoms with Crippen molar-refractivity contribution in [2.75, 3.05) is 5.32 Å². The molecule has 1 aromatic carbocycles. The largest absolute Gasteiger partial charge is 0.453 e. The molecule has 2 N–H and O–H groups in total. The van der Waals surface area contributed by atoms with E-state index in [1.807, 2.05) is 31.2 Å². The third-order valence-electron chi connectivity index (χ3n) is 2.35. The Balaban J connectivity index is 2.08. The highest BCUT2D eigenvalue weighted by molar-refractivity contribution is 6.02. The molecule has 17 heavy (non-hydrogen) atoms. The summed E-state index contributed by atoms with van der Waals surface area (Å²) >= 11 is 0. The molecular weight excluding hydrogens is 218 g/mol. The standard InChI is InChI=1S/C13H13NO3/c1-9-2-4-10(5-3-9)14-13(16)12-7-6-11(8-15)17-12/h2-7,15H,8H2,1H3,(H,14,16). The van der Waals surface area contributed by atoms with E-state index in [1.54, 1.807) is 6.07 Å². The number of benzene rings is 1. The molecule has 0 aliphatic carbocycles. The fourth-order valence-electron chi connectivity index (χ4n) is 1.41. The quantitative estimate of drug-likeness (QED) is 0.852. The van der Waals surface area contributed by atoms with Gasteiger partial charge in [0, 0.05) is 5.69 Å². The van der Waals surface area contributed by atoms with Gasteiger partial charge in [0.15, 0.2) is 5.76 Å². The Morgan fingerprint density at radius 2 is 1.94 bits per heavy atom. The van der Waals surface area contributed by atoms with Gasteiger partial charge in [0.25, 0.3) is 5.91 Å². The number of amides is 1. The molecule has 0 aliphatic heterocycles. The molecule has 1 amide bonds. The summed E-state index contributed by atoms with van der Waals surface area (Å²) in [6.45, 7) is 1.77. The number of hydrogen-bond donors (Lipinski definition) is 2. The first-order valence-electron chi connectivity index (χ1n) is 5.26. The van der Waals surface area contributed by atoms with Crippen LogP contribution in [0.5, 0.6) is 0 Å². The van der Waals surface area contributed by atoms with Crippen molar-refractivity contribution in [3.8, 4) is 0 Å². The topological polar surface area (TPSA) is 62.5 Å². The first kappa shape index (κ1) is 11.4. The van der Waals surface area contributed by atoms with Gasteiger partial charge in [0.05, 0.1) is 0 Å². The highest BCUT2D eigenvalue weighted by atomic mass is 16.4. The Hall–Kier alpha value is -2.07. The van der Waals surface area contributed by atoms with Crippen molar-refractivity contribution >= 4 is 11.6 Å². The molecule has 0 saturated heterocycles. The first-order valence-corrected chi connectivity index (χ1v) is 5.26. The predicted octanol–water partition coefficient (Wildman–Crippen LogP) is 2.33. The number of aliphatic hydroxyl groups is 1. The summed E-state index contributed by atoms with van der Waals surface area (Å²) in [5, 5.41) is 11.5. The summed E-state index contributed by atoms with van der Waals surface area (Å²) in [7, 11) is 0. The predicted molar refractivity (Wildman–Crippen MR) is 63.8 cm³/mol. The number of nitrogens with one attached hydrogen (secondary N) is 1. The Morgan fingerprint density at radius 1 is 1.24 bits per heavy atom. The van der Waals surface area contributed by atoms with Crippen LogP contribution in [0, 0.1) is 6.92 Å². The lowest BCUT2D eigenvalue weighted by molar-refractivity contribution is 0.0992. The summed E-state index contributed by atoms with van der Waals surface area (Å²) in [5.41, 5.74) is 1.84. The van der Waals surface area contributed by atoms with Crippen LogP contribution in [-0.4, -0.2) is 11.0 Å². The van der Waals surface area contributed by atoms with E-state index >= 15 is 0 Å². The zero-order valence-electron chi connectivity index (χ0n) is 9.43. The van der Waals surface area contributed by atoms with Crippen molar-refractivity contribution in [3.05, 3.63) is 53.5 Å². The number of aryl methyl sites for hydroxylation is 1. The molecule has 1 aromatic heterocycles. The second kappa shape index (κ2) is 4.84. The zero-order valence-corrected chi connectivity index (χ0v) is 9.43. The maximum Gasteiger partial charge on any atom is 0.291 e. The molecule has 0 atom stereocenters. The molecule has 0 spiro atoms. The van der Waals surface area contributed by atoms with Gasteiger partial charge in [-0.15, -0.1) is 0 Å². The van der Waals surface area contributed by atoms with Crippen molar-refractivity contribution in [1.82, 2.24) is 0 Å². The van der Waals surface area contributed by atoms with Crippen molar-refractivity contribution in [1.29, 1.82) is 0 Å². The molecule has 2 rings (SSSR count). The fourth-order valence-corrected chi connectivity index (χ4v) is 1.41. The normalized spacial score (nSPS) is 10.2. The van der Waals surface area contributed by atoms with Crippen molar-refractivity contribution in [3.63, 3.8) is 0 Å². The Kier molecular flexibility index (Phi) is 3.25. The van der Waals surface area contributed by atoms with Crippen LogP contribution in [0.3, 0.4) is 0 Å². The minimum Gasteiger partial charge on any atom is -0.453 e. The summed E-state index contributed by atoms with van der Waals surface area (Å²) in [5.74, 6) is 0.238. The Labute approximate surface area is 98.9 Å². The summed E-state index contributed by atoms with van der Waals surface area (Å²) in [6, 6.07) is 10.6. The van der Waals surface area contributed by atoms with E-state index in [0.717, 1.165) is 5.56 Å². The number of carbonyl (C=O) groups is 1. The van der Waals surface area contributed by atoms with Crippen LogP contribution in [0.4, 0.5) is 5.69 Å². The van der Waals surface area contributed by atoms with Crippen LogP contribution >= 0.6 is 0 Å². The smallest absolute Gasteiger partial charge is 0.291 e. The SMILES string of the molecule is Cc1ccc(NC(=O)c2ccc(CO)o2)cc1. The second-order valence-electron chi connectivity index (χ2n) is 3.74. The van der Waals surface area contributed by atoms with Gasteiger partial charge in [-0.25, -0.2) is 0 Å². The number of aliphatic hydroxyl groups excluding tert-OH is 1. The Morgan fingerprint density at radius 3 is 2.53 bits per heavy atom. The summed E-state index contributed by atoms with van der Waals surface area (Å²) in [6.07, 6.45) is 0. The molecule has 0 saturated carbocycles. The van der Waals surface area contributed by atoms with Crippen LogP contribution in [0.15, 0.2) is 40.8 Å². The van der Waals surface area contributed by atoms with E-state index in [0.29, 0.717) is 11.4 Å². The van der Waals surface area contributed by atoms with E-state index in [9.17, 15) is 4.79 Å². The van der Waals surface area contributed by atoms with Crippen LogP contribution in [0.1, 0.15) is 21.9 Å². The lowest BCUT2D eigenvalue weighted by atomic mass is 10.2. The van der Waals surface area contributed by atoms with E-state index in [1.165, 1.54) is 6.07 Å². The molecule has 0 bridgehead atoms. The number of anilines is 1. The summed E-state index contributed by atoms with van der Waals surface area (Å²) in [4.78, 5) is 11.7. The lowest BCUT2D eigenvalue weighted by Gasteiger charge is -2.03. The molecular formula is C13H13NO3. The average Bonchev–Trinajstić information content (AvgIpc) is 2.81. The van der Waals surface area contributed by atoms with Crippen LogP contribution < -0.4 is 5.32 Å². The molecule has 0 fully saturated rings. The van der Waals surface area contributed by atoms with Gasteiger partial charge >= 0.3 is 0 Å². The lowest BCUT2D eigenvalue weighted by Crippen LogP contribution is -2.10. The number of rotatable bonds is 3. The first-order chi connectivity index (χ1) is 8.19. The number of hydrogen-bond acceptors (Lipinski definition) is 3. The minimum absolute atomic E-state index is 0.189. The van der Waals surface area contributed by atoms with Gasteiger partial charge in [-0.1, -0.05) is 17.7 Å². The molecule has 0 unspecified atom stereocenters. The van der Waals surface area contributed by atoms with Crippen molar-refractivity contribution in [2.45, 2.75) is 13.5 Å². The van der Waals surface area contributed by atoms with Gasteiger partial charge in [0.2, 0.25) is 0 Å². The average molecular weight is 231 g/mol. The van der Waals surface area contributed by atoms with Crippen LogP contribution in [0.2, 0.25) is 0 Å². The van der Waals surface area contributed by atoms with E-state index in [-0.39, 0.29) is 18.3 Å². The van der Waals surface area contributed by atoms with Gasteiger partial charge in [0.1, 0.15) is 12.4 Å². The molecule has 0 radical (unpaired) electrons. The minimum atomic E-state index is -0.325. The Bertz CT molecular complexity index is 514. The van der Waals surface area contributed by atoms with Crippen molar-refractivity contribution in [2.24, 2.45) is 0 Å². The third kappa shape index (κ3) is 2.73. The van der Waals surface area contributed by atoms with Gasteiger partial charge < -0.3 is 14.8 Å². The molecule has 4 heteroatoms. The maximum atomic E-state index is 11.7.